The highest BCUT2D eigenvalue weighted by Gasteiger charge is 2.20. The summed E-state index contributed by atoms with van der Waals surface area (Å²) in [6.07, 6.45) is 1.73. The van der Waals surface area contributed by atoms with Crippen molar-refractivity contribution in [3.8, 4) is 0 Å². The Kier molecular flexibility index (Phi) is 8.85. The molecule has 2 rings (SSSR count). The van der Waals surface area contributed by atoms with Gasteiger partial charge in [-0.3, -0.25) is 4.79 Å². The minimum Gasteiger partial charge on any atom is -0.352 e. The standard InChI is InChI=1S/C17H27N3O3S.ClH/c1-13(2)11-20-24(22,23)16-5-3-14(4-6-16)12-19-17(21)15-7-9-18-10-8-15;/h3-6,13,15,18,20H,7-12H2,1-2H3,(H,19,21);1H. The third-order valence-corrected chi connectivity index (χ3v) is 5.53. The summed E-state index contributed by atoms with van der Waals surface area (Å²) in [5.41, 5.74) is 0.889. The molecule has 142 valence electrons. The number of hydrogen-bond acceptors (Lipinski definition) is 4. The molecule has 0 bridgehead atoms. The Morgan fingerprint density at radius 1 is 1.20 bits per heavy atom. The summed E-state index contributed by atoms with van der Waals surface area (Å²) in [7, 11) is -3.46. The Morgan fingerprint density at radius 3 is 2.36 bits per heavy atom. The van der Waals surface area contributed by atoms with Gasteiger partial charge in [0.15, 0.2) is 0 Å². The van der Waals surface area contributed by atoms with Crippen molar-refractivity contribution in [3.05, 3.63) is 29.8 Å². The maximum absolute atomic E-state index is 12.1. The van der Waals surface area contributed by atoms with Gasteiger partial charge >= 0.3 is 0 Å². The fourth-order valence-electron chi connectivity index (χ4n) is 2.56. The van der Waals surface area contributed by atoms with Crippen molar-refractivity contribution in [1.82, 2.24) is 15.4 Å². The van der Waals surface area contributed by atoms with E-state index in [9.17, 15) is 13.2 Å². The number of sulfonamides is 1. The van der Waals surface area contributed by atoms with Crippen LogP contribution in [-0.4, -0.2) is 34.0 Å². The molecule has 0 unspecified atom stereocenters. The molecule has 1 aromatic rings. The van der Waals surface area contributed by atoms with E-state index < -0.39 is 10.0 Å². The van der Waals surface area contributed by atoms with Gasteiger partial charge in [0.2, 0.25) is 15.9 Å². The van der Waals surface area contributed by atoms with E-state index in [1.165, 1.54) is 0 Å². The number of hydrogen-bond donors (Lipinski definition) is 3. The van der Waals surface area contributed by atoms with E-state index in [-0.39, 0.29) is 35.0 Å². The Morgan fingerprint density at radius 2 is 1.80 bits per heavy atom. The average molecular weight is 390 g/mol. The first-order chi connectivity index (χ1) is 11.4. The van der Waals surface area contributed by atoms with E-state index in [4.69, 9.17) is 0 Å². The Bertz CT molecular complexity index is 642. The van der Waals surface area contributed by atoms with Gasteiger partial charge < -0.3 is 10.6 Å². The highest BCUT2D eigenvalue weighted by Crippen LogP contribution is 2.13. The van der Waals surface area contributed by atoms with Crippen LogP contribution >= 0.6 is 12.4 Å². The molecular weight excluding hydrogens is 362 g/mol. The number of piperidine rings is 1. The van der Waals surface area contributed by atoms with Crippen molar-refractivity contribution >= 4 is 28.3 Å². The van der Waals surface area contributed by atoms with Crippen LogP contribution in [0.15, 0.2) is 29.2 Å². The van der Waals surface area contributed by atoms with Gasteiger partial charge in [0, 0.05) is 19.0 Å². The minimum atomic E-state index is -3.46. The second-order valence-electron chi connectivity index (χ2n) is 6.63. The number of benzene rings is 1. The number of amides is 1. The predicted molar refractivity (Wildman–Crippen MR) is 101 cm³/mol. The van der Waals surface area contributed by atoms with Gasteiger partial charge in [0.05, 0.1) is 4.90 Å². The zero-order valence-corrected chi connectivity index (χ0v) is 16.4. The van der Waals surface area contributed by atoms with Crippen LogP contribution in [0.5, 0.6) is 0 Å². The quantitative estimate of drug-likeness (QED) is 0.661. The molecule has 1 amide bonds. The summed E-state index contributed by atoms with van der Waals surface area (Å²) in [5.74, 6) is 0.405. The van der Waals surface area contributed by atoms with Gasteiger partial charge in [-0.15, -0.1) is 12.4 Å². The third kappa shape index (κ3) is 6.93. The van der Waals surface area contributed by atoms with Gasteiger partial charge in [-0.05, 0) is 49.5 Å². The molecule has 0 aromatic heterocycles. The zero-order chi connectivity index (χ0) is 17.6. The van der Waals surface area contributed by atoms with Crippen molar-refractivity contribution < 1.29 is 13.2 Å². The summed E-state index contributed by atoms with van der Waals surface area (Å²) in [4.78, 5) is 12.3. The second kappa shape index (κ2) is 10.1. The maximum atomic E-state index is 12.1. The lowest BCUT2D eigenvalue weighted by Gasteiger charge is -2.21. The smallest absolute Gasteiger partial charge is 0.240 e. The molecule has 0 radical (unpaired) electrons. The van der Waals surface area contributed by atoms with Crippen LogP contribution in [0.2, 0.25) is 0 Å². The maximum Gasteiger partial charge on any atom is 0.240 e. The van der Waals surface area contributed by atoms with E-state index >= 15 is 0 Å². The summed E-state index contributed by atoms with van der Waals surface area (Å²) in [5, 5.41) is 6.17. The van der Waals surface area contributed by atoms with E-state index in [2.05, 4.69) is 15.4 Å². The molecule has 1 saturated heterocycles. The lowest BCUT2D eigenvalue weighted by Crippen LogP contribution is -2.37. The first-order valence-electron chi connectivity index (χ1n) is 8.45. The number of nitrogens with one attached hydrogen (secondary N) is 3. The molecule has 0 atom stereocenters. The van der Waals surface area contributed by atoms with Crippen LogP contribution in [0.3, 0.4) is 0 Å². The van der Waals surface area contributed by atoms with Gasteiger partial charge in [-0.2, -0.15) is 0 Å². The van der Waals surface area contributed by atoms with Crippen molar-refractivity contribution in [2.75, 3.05) is 19.6 Å². The molecule has 1 aliphatic heterocycles. The van der Waals surface area contributed by atoms with Crippen LogP contribution in [0.25, 0.3) is 0 Å². The van der Waals surface area contributed by atoms with E-state index in [0.717, 1.165) is 31.5 Å². The number of carbonyl (C=O) groups is 1. The van der Waals surface area contributed by atoms with Crippen LogP contribution in [0.4, 0.5) is 0 Å². The van der Waals surface area contributed by atoms with Crippen LogP contribution < -0.4 is 15.4 Å². The van der Waals surface area contributed by atoms with Gasteiger partial charge in [0.25, 0.3) is 0 Å². The molecule has 8 heteroatoms. The molecule has 0 aliphatic carbocycles. The lowest BCUT2D eigenvalue weighted by atomic mass is 9.97. The molecule has 1 aliphatic rings. The Hall–Kier alpha value is -1.15. The van der Waals surface area contributed by atoms with Crippen molar-refractivity contribution in [2.24, 2.45) is 11.8 Å². The fourth-order valence-corrected chi connectivity index (χ4v) is 3.78. The van der Waals surface area contributed by atoms with Gasteiger partial charge in [0.1, 0.15) is 0 Å². The zero-order valence-electron chi connectivity index (χ0n) is 14.7. The molecule has 1 fully saturated rings. The highest BCUT2D eigenvalue weighted by molar-refractivity contribution is 7.89. The average Bonchev–Trinajstić information content (AvgIpc) is 2.59. The first-order valence-corrected chi connectivity index (χ1v) is 9.94. The normalized spacial score (nSPS) is 15.6. The van der Waals surface area contributed by atoms with Gasteiger partial charge in [-0.25, -0.2) is 13.1 Å². The molecule has 0 saturated carbocycles. The van der Waals surface area contributed by atoms with Gasteiger partial charge in [-0.1, -0.05) is 26.0 Å². The molecule has 0 spiro atoms. The van der Waals surface area contributed by atoms with Crippen LogP contribution in [0.1, 0.15) is 32.3 Å². The largest absolute Gasteiger partial charge is 0.352 e. The van der Waals surface area contributed by atoms with Crippen molar-refractivity contribution in [3.63, 3.8) is 0 Å². The predicted octanol–water partition coefficient (Wildman–Crippen LogP) is 1.66. The number of rotatable bonds is 7. The topological polar surface area (TPSA) is 87.3 Å². The van der Waals surface area contributed by atoms with Crippen molar-refractivity contribution in [1.29, 1.82) is 0 Å². The number of halogens is 1. The van der Waals surface area contributed by atoms with E-state index in [1.54, 1.807) is 24.3 Å². The first kappa shape index (κ1) is 21.9. The van der Waals surface area contributed by atoms with E-state index in [0.29, 0.717) is 13.1 Å². The summed E-state index contributed by atoms with van der Waals surface area (Å²) in [6, 6.07) is 6.64. The SMILES string of the molecule is CC(C)CNS(=O)(=O)c1ccc(CNC(=O)C2CCNCC2)cc1.Cl. The Labute approximate surface area is 156 Å². The van der Waals surface area contributed by atoms with Crippen molar-refractivity contribution in [2.45, 2.75) is 38.1 Å². The second-order valence-corrected chi connectivity index (χ2v) is 8.40. The summed E-state index contributed by atoms with van der Waals surface area (Å²) in [6.45, 7) is 6.51. The molecule has 1 aromatic carbocycles. The molecule has 1 heterocycles. The molecule has 6 nitrogen and oxygen atoms in total. The summed E-state index contributed by atoms with van der Waals surface area (Å²) < 4.78 is 26.9. The minimum absolute atomic E-state index is 0. The van der Waals surface area contributed by atoms with Crippen LogP contribution in [-0.2, 0) is 21.4 Å². The number of carbonyl (C=O) groups excluding carboxylic acids is 1. The lowest BCUT2D eigenvalue weighted by molar-refractivity contribution is -0.125. The summed E-state index contributed by atoms with van der Waals surface area (Å²) >= 11 is 0. The Balaban J connectivity index is 0.00000312. The van der Waals surface area contributed by atoms with Crippen LogP contribution in [0, 0.1) is 11.8 Å². The third-order valence-electron chi connectivity index (χ3n) is 4.09. The highest BCUT2D eigenvalue weighted by atomic mass is 35.5. The molecular formula is C17H28ClN3O3S. The van der Waals surface area contributed by atoms with E-state index in [1.807, 2.05) is 13.8 Å². The molecule has 3 N–H and O–H groups in total. The monoisotopic (exact) mass is 389 g/mol. The molecule has 25 heavy (non-hydrogen) atoms. The fraction of sp³-hybridized carbons (Fsp3) is 0.588.